The number of anilines is 1. The summed E-state index contributed by atoms with van der Waals surface area (Å²) in [5, 5.41) is 0. The van der Waals surface area contributed by atoms with E-state index in [9.17, 15) is 0 Å². The van der Waals surface area contributed by atoms with Crippen LogP contribution in [-0.4, -0.2) is 4.98 Å². The lowest BCUT2D eigenvalue weighted by molar-refractivity contribution is 0.812. The van der Waals surface area contributed by atoms with Crippen molar-refractivity contribution in [1.29, 1.82) is 0 Å². The first kappa shape index (κ1) is 10.2. The molecule has 0 aliphatic carbocycles. The second kappa shape index (κ2) is 4.16. The van der Waals surface area contributed by atoms with Gasteiger partial charge in [0.05, 0.1) is 0 Å². The van der Waals surface area contributed by atoms with E-state index < -0.39 is 0 Å². The Bertz CT molecular complexity index is 207. The van der Waals surface area contributed by atoms with Crippen LogP contribution in [0.15, 0.2) is 18.3 Å². The zero-order chi connectivity index (χ0) is 7.56. The molecule has 1 rings (SSSR count). The van der Waals surface area contributed by atoms with Crippen LogP contribution in [0.4, 0.5) is 5.82 Å². The van der Waals surface area contributed by atoms with Gasteiger partial charge >= 0.3 is 0 Å². The molecule has 1 heterocycles. The number of nitrogen functional groups attached to an aromatic ring is 1. The van der Waals surface area contributed by atoms with Gasteiger partial charge in [-0.15, -0.1) is 12.4 Å². The highest BCUT2D eigenvalue weighted by molar-refractivity contribution is 5.85. The Morgan fingerprint density at radius 1 is 1.45 bits per heavy atom. The maximum Gasteiger partial charge on any atom is 0.123 e. The minimum Gasteiger partial charge on any atom is -0.384 e. The van der Waals surface area contributed by atoms with E-state index in [1.54, 1.807) is 12.3 Å². The third-order valence-electron chi connectivity index (χ3n) is 1.34. The molecule has 1 unspecified atom stereocenters. The van der Waals surface area contributed by atoms with E-state index in [-0.39, 0.29) is 18.4 Å². The molecule has 0 radical (unpaired) electrons. The van der Waals surface area contributed by atoms with E-state index in [4.69, 9.17) is 11.5 Å². The summed E-state index contributed by atoms with van der Waals surface area (Å²) in [4.78, 5) is 3.90. The van der Waals surface area contributed by atoms with E-state index in [2.05, 4.69) is 4.98 Å². The number of pyridine rings is 1. The van der Waals surface area contributed by atoms with Crippen molar-refractivity contribution in [3.05, 3.63) is 23.9 Å². The number of nitrogens with zero attached hydrogens (tertiary/aromatic N) is 1. The van der Waals surface area contributed by atoms with Crippen LogP contribution in [0.2, 0.25) is 0 Å². The van der Waals surface area contributed by atoms with Gasteiger partial charge < -0.3 is 11.5 Å². The van der Waals surface area contributed by atoms with Gasteiger partial charge in [0.25, 0.3) is 0 Å². The first-order valence-electron chi connectivity index (χ1n) is 3.17. The molecule has 4 heteroatoms. The largest absolute Gasteiger partial charge is 0.384 e. The van der Waals surface area contributed by atoms with Gasteiger partial charge in [-0.05, 0) is 18.6 Å². The molecule has 4 N–H and O–H groups in total. The fraction of sp³-hybridized carbons (Fsp3) is 0.286. The predicted molar refractivity (Wildman–Crippen MR) is 48.5 cm³/mol. The normalized spacial score (nSPS) is 11.8. The monoisotopic (exact) mass is 173 g/mol. The molecule has 62 valence electrons. The topological polar surface area (TPSA) is 64.9 Å². The van der Waals surface area contributed by atoms with Gasteiger partial charge in [0.15, 0.2) is 0 Å². The second-order valence-electron chi connectivity index (χ2n) is 2.31. The molecule has 1 aromatic heterocycles. The van der Waals surface area contributed by atoms with Crippen molar-refractivity contribution in [1.82, 2.24) is 4.98 Å². The molecule has 0 aromatic carbocycles. The van der Waals surface area contributed by atoms with Crippen molar-refractivity contribution in [2.24, 2.45) is 5.73 Å². The summed E-state index contributed by atoms with van der Waals surface area (Å²) < 4.78 is 0. The zero-order valence-electron chi connectivity index (χ0n) is 6.32. The Balaban J connectivity index is 0.000001000. The SMILES string of the molecule is CC(N)c1ccc(N)nc1.Cl. The third kappa shape index (κ3) is 2.74. The maximum absolute atomic E-state index is 5.58. The lowest BCUT2D eigenvalue weighted by Gasteiger charge is -2.03. The lowest BCUT2D eigenvalue weighted by Crippen LogP contribution is -2.05. The minimum absolute atomic E-state index is 0. The molecule has 0 saturated heterocycles. The van der Waals surface area contributed by atoms with Gasteiger partial charge in [0.1, 0.15) is 5.82 Å². The Morgan fingerprint density at radius 2 is 2.09 bits per heavy atom. The highest BCUT2D eigenvalue weighted by Crippen LogP contribution is 2.07. The number of nitrogens with two attached hydrogens (primary N) is 2. The molecule has 1 atom stereocenters. The lowest BCUT2D eigenvalue weighted by atomic mass is 10.2. The molecule has 0 saturated carbocycles. The second-order valence-corrected chi connectivity index (χ2v) is 2.31. The summed E-state index contributed by atoms with van der Waals surface area (Å²) in [5.41, 5.74) is 12.0. The van der Waals surface area contributed by atoms with E-state index in [1.807, 2.05) is 13.0 Å². The van der Waals surface area contributed by atoms with Crippen LogP contribution < -0.4 is 11.5 Å². The van der Waals surface area contributed by atoms with Gasteiger partial charge in [-0.1, -0.05) is 6.07 Å². The Hall–Kier alpha value is -0.800. The quantitative estimate of drug-likeness (QED) is 0.669. The molecule has 0 aliphatic rings. The van der Waals surface area contributed by atoms with Crippen molar-refractivity contribution in [2.75, 3.05) is 5.73 Å². The van der Waals surface area contributed by atoms with Crippen LogP contribution in [0.25, 0.3) is 0 Å². The Labute approximate surface area is 72.2 Å². The minimum atomic E-state index is 0. The summed E-state index contributed by atoms with van der Waals surface area (Å²) in [5.74, 6) is 0.532. The van der Waals surface area contributed by atoms with E-state index >= 15 is 0 Å². The molecule has 0 aliphatic heterocycles. The molecular formula is C7H12ClN3. The summed E-state index contributed by atoms with van der Waals surface area (Å²) in [6.45, 7) is 1.91. The summed E-state index contributed by atoms with van der Waals surface area (Å²) in [6, 6.07) is 3.67. The van der Waals surface area contributed by atoms with Crippen LogP contribution in [0.1, 0.15) is 18.5 Å². The van der Waals surface area contributed by atoms with Crippen molar-refractivity contribution in [3.63, 3.8) is 0 Å². The fourth-order valence-corrected chi connectivity index (χ4v) is 0.686. The Kier molecular flexibility index (Phi) is 3.85. The highest BCUT2D eigenvalue weighted by atomic mass is 35.5. The average Bonchev–Trinajstić information content (AvgIpc) is 1.88. The number of rotatable bonds is 1. The van der Waals surface area contributed by atoms with Gasteiger partial charge in [0, 0.05) is 12.2 Å². The number of aromatic nitrogens is 1. The third-order valence-corrected chi connectivity index (χ3v) is 1.34. The average molecular weight is 174 g/mol. The van der Waals surface area contributed by atoms with Crippen molar-refractivity contribution < 1.29 is 0 Å². The van der Waals surface area contributed by atoms with E-state index in [1.165, 1.54) is 0 Å². The van der Waals surface area contributed by atoms with Crippen molar-refractivity contribution in [3.8, 4) is 0 Å². The molecule has 0 bridgehead atoms. The molecule has 3 nitrogen and oxygen atoms in total. The molecule has 0 amide bonds. The standard InChI is InChI=1S/C7H11N3.ClH/c1-5(8)6-2-3-7(9)10-4-6;/h2-5H,8H2,1H3,(H2,9,10);1H. The maximum atomic E-state index is 5.58. The Morgan fingerprint density at radius 3 is 2.45 bits per heavy atom. The first-order valence-corrected chi connectivity index (χ1v) is 3.17. The summed E-state index contributed by atoms with van der Waals surface area (Å²) in [7, 11) is 0. The van der Waals surface area contributed by atoms with Crippen molar-refractivity contribution in [2.45, 2.75) is 13.0 Å². The molecule has 0 fully saturated rings. The zero-order valence-corrected chi connectivity index (χ0v) is 7.14. The fourth-order valence-electron chi connectivity index (χ4n) is 0.686. The molecular weight excluding hydrogens is 162 g/mol. The number of hydrogen-bond acceptors (Lipinski definition) is 3. The van der Waals surface area contributed by atoms with Crippen LogP contribution in [-0.2, 0) is 0 Å². The van der Waals surface area contributed by atoms with E-state index in [0.29, 0.717) is 5.82 Å². The number of hydrogen-bond donors (Lipinski definition) is 2. The number of halogens is 1. The van der Waals surface area contributed by atoms with Gasteiger partial charge in [-0.3, -0.25) is 0 Å². The van der Waals surface area contributed by atoms with Gasteiger partial charge in [-0.25, -0.2) is 4.98 Å². The van der Waals surface area contributed by atoms with Crippen LogP contribution in [0.3, 0.4) is 0 Å². The smallest absolute Gasteiger partial charge is 0.123 e. The van der Waals surface area contributed by atoms with E-state index in [0.717, 1.165) is 5.56 Å². The van der Waals surface area contributed by atoms with Crippen molar-refractivity contribution >= 4 is 18.2 Å². The van der Waals surface area contributed by atoms with Crippen LogP contribution >= 0.6 is 12.4 Å². The molecule has 0 spiro atoms. The van der Waals surface area contributed by atoms with Crippen LogP contribution in [0, 0.1) is 0 Å². The molecule has 1 aromatic rings. The summed E-state index contributed by atoms with van der Waals surface area (Å²) in [6.07, 6.45) is 1.69. The highest BCUT2D eigenvalue weighted by Gasteiger charge is 1.96. The van der Waals surface area contributed by atoms with Gasteiger partial charge in [-0.2, -0.15) is 0 Å². The molecule has 11 heavy (non-hydrogen) atoms. The predicted octanol–water partition coefficient (Wildman–Crippen LogP) is 1.11. The van der Waals surface area contributed by atoms with Crippen LogP contribution in [0.5, 0.6) is 0 Å². The first-order chi connectivity index (χ1) is 4.70. The summed E-state index contributed by atoms with van der Waals surface area (Å²) >= 11 is 0. The van der Waals surface area contributed by atoms with Gasteiger partial charge in [0.2, 0.25) is 0 Å².